The molecule has 0 aliphatic heterocycles. The molecule has 0 aliphatic carbocycles. The minimum Gasteiger partial charge on any atom is -0.492 e. The van der Waals surface area contributed by atoms with Gasteiger partial charge < -0.3 is 10.1 Å². The molecule has 6 nitrogen and oxygen atoms in total. The van der Waals surface area contributed by atoms with Gasteiger partial charge in [-0.05, 0) is 24.3 Å². The van der Waals surface area contributed by atoms with Crippen LogP contribution in [0.5, 0.6) is 5.75 Å². The molecule has 1 aromatic heterocycles. The van der Waals surface area contributed by atoms with Gasteiger partial charge in [0.1, 0.15) is 12.4 Å². The Balaban J connectivity index is 1.64. The Morgan fingerprint density at radius 1 is 1.17 bits per heavy atom. The van der Waals surface area contributed by atoms with Crippen molar-refractivity contribution in [3.8, 4) is 5.75 Å². The lowest BCUT2D eigenvalue weighted by molar-refractivity contribution is 0.0943. The summed E-state index contributed by atoms with van der Waals surface area (Å²) in [6.45, 7) is 0.577. The van der Waals surface area contributed by atoms with Gasteiger partial charge in [0.2, 0.25) is 0 Å². The van der Waals surface area contributed by atoms with Gasteiger partial charge in [-0.3, -0.25) is 9.59 Å². The number of hydrogen-bond acceptors (Lipinski definition) is 4. The summed E-state index contributed by atoms with van der Waals surface area (Å²) in [5.41, 5.74) is -0.153. The van der Waals surface area contributed by atoms with Crippen molar-refractivity contribution in [3.05, 3.63) is 69.6 Å². The van der Waals surface area contributed by atoms with Crippen LogP contribution in [-0.4, -0.2) is 29.3 Å². The smallest absolute Gasteiger partial charge is 0.272 e. The van der Waals surface area contributed by atoms with Crippen LogP contribution in [0.2, 0.25) is 5.02 Å². The number of fused-ring (bicyclic) bond motifs is 1. The number of ether oxygens (including phenoxy) is 1. The number of benzene rings is 2. The largest absolute Gasteiger partial charge is 0.492 e. The maximum Gasteiger partial charge on any atom is 0.272 e. The minimum atomic E-state index is -0.378. The Morgan fingerprint density at radius 2 is 1.96 bits per heavy atom. The van der Waals surface area contributed by atoms with E-state index in [-0.39, 0.29) is 23.8 Å². The Labute approximate surface area is 142 Å². The maximum absolute atomic E-state index is 12.3. The average molecular weight is 344 g/mol. The highest BCUT2D eigenvalue weighted by molar-refractivity contribution is 6.30. The minimum absolute atomic E-state index is 0.174. The van der Waals surface area contributed by atoms with E-state index in [9.17, 15) is 9.59 Å². The fraction of sp³-hybridized carbons (Fsp3) is 0.118. The summed E-state index contributed by atoms with van der Waals surface area (Å²) in [7, 11) is 0. The van der Waals surface area contributed by atoms with E-state index in [0.29, 0.717) is 28.1 Å². The molecule has 3 rings (SSSR count). The number of H-pyrrole nitrogens is 1. The van der Waals surface area contributed by atoms with Crippen molar-refractivity contribution >= 4 is 28.3 Å². The molecule has 2 N–H and O–H groups in total. The summed E-state index contributed by atoms with van der Waals surface area (Å²) in [6.07, 6.45) is 0. The lowest BCUT2D eigenvalue weighted by Gasteiger charge is -2.08. The first-order chi connectivity index (χ1) is 11.6. The van der Waals surface area contributed by atoms with Crippen LogP contribution in [0.25, 0.3) is 10.8 Å². The van der Waals surface area contributed by atoms with Crippen LogP contribution >= 0.6 is 11.6 Å². The van der Waals surface area contributed by atoms with Gasteiger partial charge in [-0.2, -0.15) is 5.10 Å². The predicted octanol–water partition coefficient (Wildman–Crippen LogP) is 2.39. The number of halogens is 1. The number of aromatic amines is 1. The fourth-order valence-corrected chi connectivity index (χ4v) is 2.44. The lowest BCUT2D eigenvalue weighted by atomic mass is 10.1. The Morgan fingerprint density at radius 3 is 2.75 bits per heavy atom. The zero-order chi connectivity index (χ0) is 16.9. The van der Waals surface area contributed by atoms with Crippen molar-refractivity contribution in [2.24, 2.45) is 0 Å². The second-order valence-electron chi connectivity index (χ2n) is 5.01. The molecular weight excluding hydrogens is 330 g/mol. The van der Waals surface area contributed by atoms with Crippen molar-refractivity contribution in [2.45, 2.75) is 0 Å². The topological polar surface area (TPSA) is 84.1 Å². The number of nitrogens with one attached hydrogen (secondary N) is 2. The second kappa shape index (κ2) is 7.14. The monoisotopic (exact) mass is 343 g/mol. The SMILES string of the molecule is O=C(NCCOc1cccc(Cl)c1)c1n[nH]c(=O)c2ccccc12. The molecule has 3 aromatic rings. The van der Waals surface area contributed by atoms with E-state index in [2.05, 4.69) is 15.5 Å². The molecule has 0 radical (unpaired) electrons. The van der Waals surface area contributed by atoms with E-state index in [1.807, 2.05) is 0 Å². The molecule has 0 unspecified atom stereocenters. The van der Waals surface area contributed by atoms with E-state index in [1.165, 1.54) is 0 Å². The first-order valence-electron chi connectivity index (χ1n) is 7.29. The van der Waals surface area contributed by atoms with Gasteiger partial charge in [-0.15, -0.1) is 0 Å². The average Bonchev–Trinajstić information content (AvgIpc) is 2.59. The van der Waals surface area contributed by atoms with E-state index in [1.54, 1.807) is 48.5 Å². The van der Waals surface area contributed by atoms with Gasteiger partial charge in [0.05, 0.1) is 11.9 Å². The van der Waals surface area contributed by atoms with E-state index < -0.39 is 0 Å². The van der Waals surface area contributed by atoms with Gasteiger partial charge in [0.15, 0.2) is 5.69 Å². The third kappa shape index (κ3) is 3.55. The molecule has 2 aromatic carbocycles. The van der Waals surface area contributed by atoms with Gasteiger partial charge >= 0.3 is 0 Å². The van der Waals surface area contributed by atoms with Crippen molar-refractivity contribution < 1.29 is 9.53 Å². The summed E-state index contributed by atoms with van der Waals surface area (Å²) in [6, 6.07) is 13.8. The van der Waals surface area contributed by atoms with Crippen molar-refractivity contribution in [1.29, 1.82) is 0 Å². The summed E-state index contributed by atoms with van der Waals surface area (Å²) in [5, 5.41) is 10.4. The quantitative estimate of drug-likeness (QED) is 0.697. The molecule has 0 atom stereocenters. The fourth-order valence-electron chi connectivity index (χ4n) is 2.26. The summed E-state index contributed by atoms with van der Waals surface area (Å²) >= 11 is 5.87. The molecule has 122 valence electrons. The van der Waals surface area contributed by atoms with Crippen molar-refractivity contribution in [2.75, 3.05) is 13.2 Å². The Kier molecular flexibility index (Phi) is 4.77. The highest BCUT2D eigenvalue weighted by Crippen LogP contribution is 2.16. The highest BCUT2D eigenvalue weighted by Gasteiger charge is 2.13. The van der Waals surface area contributed by atoms with Crippen LogP contribution in [0.3, 0.4) is 0 Å². The van der Waals surface area contributed by atoms with E-state index in [4.69, 9.17) is 16.3 Å². The molecule has 7 heteroatoms. The molecule has 0 spiro atoms. The van der Waals surface area contributed by atoms with E-state index >= 15 is 0 Å². The highest BCUT2D eigenvalue weighted by atomic mass is 35.5. The number of nitrogens with zero attached hydrogens (tertiary/aromatic N) is 1. The molecular formula is C17H14ClN3O3. The van der Waals surface area contributed by atoms with Gasteiger partial charge in [0.25, 0.3) is 11.5 Å². The zero-order valence-corrected chi connectivity index (χ0v) is 13.3. The Hall–Kier alpha value is -2.86. The number of aromatic nitrogens is 2. The van der Waals surface area contributed by atoms with Crippen LogP contribution in [0.1, 0.15) is 10.5 Å². The number of amides is 1. The van der Waals surface area contributed by atoms with Crippen LogP contribution in [-0.2, 0) is 0 Å². The Bertz CT molecular complexity index is 940. The van der Waals surface area contributed by atoms with Crippen LogP contribution in [0, 0.1) is 0 Å². The van der Waals surface area contributed by atoms with Gasteiger partial charge in [0, 0.05) is 10.4 Å². The molecule has 1 amide bonds. The first-order valence-corrected chi connectivity index (χ1v) is 7.67. The molecule has 24 heavy (non-hydrogen) atoms. The standard InChI is InChI=1S/C17H14ClN3O3/c18-11-4-3-5-12(10-11)24-9-8-19-17(23)15-13-6-1-2-7-14(13)16(22)21-20-15/h1-7,10H,8-9H2,(H,19,23)(H,21,22). The third-order valence-electron chi connectivity index (χ3n) is 3.36. The van der Waals surface area contributed by atoms with Gasteiger partial charge in [-0.1, -0.05) is 35.9 Å². The summed E-state index contributed by atoms with van der Waals surface area (Å²) in [4.78, 5) is 24.0. The molecule has 0 aliphatic rings. The predicted molar refractivity (Wildman–Crippen MR) is 91.6 cm³/mol. The lowest BCUT2D eigenvalue weighted by Crippen LogP contribution is -2.30. The number of carbonyl (C=O) groups is 1. The van der Waals surface area contributed by atoms with Crippen molar-refractivity contribution in [1.82, 2.24) is 15.5 Å². The van der Waals surface area contributed by atoms with E-state index in [0.717, 1.165) is 0 Å². The second-order valence-corrected chi connectivity index (χ2v) is 5.45. The molecule has 1 heterocycles. The summed E-state index contributed by atoms with van der Waals surface area (Å²) < 4.78 is 5.50. The number of hydrogen-bond donors (Lipinski definition) is 2. The normalized spacial score (nSPS) is 10.5. The number of carbonyl (C=O) groups excluding carboxylic acids is 1. The summed E-state index contributed by atoms with van der Waals surface area (Å²) in [5.74, 6) is 0.251. The molecule has 0 bridgehead atoms. The molecule has 0 saturated carbocycles. The van der Waals surface area contributed by atoms with Crippen molar-refractivity contribution in [3.63, 3.8) is 0 Å². The zero-order valence-electron chi connectivity index (χ0n) is 12.6. The maximum atomic E-state index is 12.3. The first kappa shape index (κ1) is 16.0. The number of rotatable bonds is 5. The van der Waals surface area contributed by atoms with Crippen LogP contribution in [0.4, 0.5) is 0 Å². The molecule has 0 saturated heterocycles. The van der Waals surface area contributed by atoms with Crippen LogP contribution in [0.15, 0.2) is 53.3 Å². The third-order valence-corrected chi connectivity index (χ3v) is 3.60. The molecule has 0 fully saturated rings. The van der Waals surface area contributed by atoms with Gasteiger partial charge in [-0.25, -0.2) is 5.10 Å². The van der Waals surface area contributed by atoms with Crippen LogP contribution < -0.4 is 15.6 Å².